The third kappa shape index (κ3) is 0.692. The molecule has 0 fully saturated rings. The summed E-state index contributed by atoms with van der Waals surface area (Å²) >= 11 is 0. The van der Waals surface area contributed by atoms with E-state index in [0.717, 1.165) is 16.5 Å². The number of aryl methyl sites for hydroxylation is 1. The van der Waals surface area contributed by atoms with Gasteiger partial charge in [-0.3, -0.25) is 5.10 Å². The van der Waals surface area contributed by atoms with Gasteiger partial charge in [0.05, 0.1) is 11.7 Å². The Balaban J connectivity index is 2.86. The van der Waals surface area contributed by atoms with Crippen molar-refractivity contribution in [3.63, 3.8) is 0 Å². The van der Waals surface area contributed by atoms with E-state index in [1.807, 2.05) is 19.1 Å². The first-order valence-corrected chi connectivity index (χ1v) is 3.18. The predicted molar refractivity (Wildman–Crippen MR) is 39.7 cm³/mol. The first kappa shape index (κ1) is 5.47. The van der Waals surface area contributed by atoms with Crippen LogP contribution in [0.5, 0.6) is 0 Å². The Morgan fingerprint density at radius 2 is 2.40 bits per heavy atom. The van der Waals surface area contributed by atoms with Crippen LogP contribution in [0.1, 0.15) is 5.56 Å². The van der Waals surface area contributed by atoms with Gasteiger partial charge in [-0.1, -0.05) is 6.07 Å². The molecule has 1 N–H and O–H groups in total. The molecule has 0 saturated carbocycles. The van der Waals surface area contributed by atoms with Crippen LogP contribution in [0.2, 0.25) is 0 Å². The normalized spacial score (nSPS) is 10.5. The summed E-state index contributed by atoms with van der Waals surface area (Å²) in [7, 11) is 0. The van der Waals surface area contributed by atoms with Crippen LogP contribution in [0.3, 0.4) is 0 Å². The topological polar surface area (TPSA) is 28.7 Å². The Hall–Kier alpha value is -1.31. The molecule has 1 aromatic heterocycles. The molecule has 0 atom stereocenters. The number of H-pyrrole nitrogens is 1. The van der Waals surface area contributed by atoms with Crippen LogP contribution in [0.4, 0.5) is 0 Å². The average molecular weight is 131 g/mol. The summed E-state index contributed by atoms with van der Waals surface area (Å²) in [6.07, 6.45) is 1.78. The lowest BCUT2D eigenvalue weighted by Gasteiger charge is -1.88. The van der Waals surface area contributed by atoms with Crippen molar-refractivity contribution in [2.75, 3.05) is 0 Å². The number of aromatic amines is 1. The van der Waals surface area contributed by atoms with Crippen molar-refractivity contribution in [1.29, 1.82) is 0 Å². The summed E-state index contributed by atoms with van der Waals surface area (Å²) in [6, 6.07) is 7.20. The molecular weight excluding hydrogens is 124 g/mol. The fraction of sp³-hybridized carbons (Fsp3) is 0.125. The monoisotopic (exact) mass is 131 g/mol. The molecule has 1 radical (unpaired) electrons. The molecule has 1 heterocycles. The second kappa shape index (κ2) is 1.84. The fourth-order valence-electron chi connectivity index (χ4n) is 0.985. The van der Waals surface area contributed by atoms with E-state index >= 15 is 0 Å². The first-order valence-electron chi connectivity index (χ1n) is 3.18. The molecule has 0 unspecified atom stereocenters. The lowest BCUT2D eigenvalue weighted by atomic mass is 10.2. The van der Waals surface area contributed by atoms with Gasteiger partial charge in [0, 0.05) is 5.39 Å². The maximum Gasteiger partial charge on any atom is 0.0656 e. The fourth-order valence-corrected chi connectivity index (χ4v) is 0.985. The number of benzene rings is 1. The van der Waals surface area contributed by atoms with E-state index in [4.69, 9.17) is 0 Å². The standard InChI is InChI=1S/C8H7N2/c1-6-2-3-8-7(4-6)5-9-10-8/h2-3,5H,1H3,(H,9,10). The molecule has 0 spiro atoms. The smallest absolute Gasteiger partial charge is 0.0656 e. The third-order valence-corrected chi connectivity index (χ3v) is 1.50. The second-order valence-corrected chi connectivity index (χ2v) is 2.34. The number of hydrogen-bond donors (Lipinski definition) is 1. The first-order chi connectivity index (χ1) is 4.86. The minimum Gasteiger partial charge on any atom is -0.278 e. The van der Waals surface area contributed by atoms with Crippen molar-refractivity contribution in [1.82, 2.24) is 10.2 Å². The summed E-state index contributed by atoms with van der Waals surface area (Å²) in [5.41, 5.74) is 2.19. The predicted octanol–water partition coefficient (Wildman–Crippen LogP) is 1.67. The third-order valence-electron chi connectivity index (χ3n) is 1.50. The number of rotatable bonds is 0. The molecule has 1 aromatic carbocycles. The maximum atomic E-state index is 3.89. The molecule has 0 aliphatic heterocycles. The van der Waals surface area contributed by atoms with Crippen LogP contribution < -0.4 is 0 Å². The van der Waals surface area contributed by atoms with Gasteiger partial charge in [0.25, 0.3) is 0 Å². The summed E-state index contributed by atoms with van der Waals surface area (Å²) < 4.78 is 0. The van der Waals surface area contributed by atoms with Gasteiger partial charge in [0.1, 0.15) is 0 Å². The van der Waals surface area contributed by atoms with E-state index in [-0.39, 0.29) is 0 Å². The molecule has 2 rings (SSSR count). The molecular formula is C8H7N2. The Kier molecular flexibility index (Phi) is 1.01. The van der Waals surface area contributed by atoms with Crippen LogP contribution in [0, 0.1) is 13.0 Å². The van der Waals surface area contributed by atoms with Gasteiger partial charge in [-0.15, -0.1) is 0 Å². The molecule has 2 nitrogen and oxygen atoms in total. The van der Waals surface area contributed by atoms with Gasteiger partial charge in [0.2, 0.25) is 0 Å². The van der Waals surface area contributed by atoms with Crippen molar-refractivity contribution in [3.8, 4) is 0 Å². The van der Waals surface area contributed by atoms with Crippen molar-refractivity contribution in [2.24, 2.45) is 0 Å². The molecule has 0 bridgehead atoms. The highest BCUT2D eigenvalue weighted by Crippen LogP contribution is 2.10. The summed E-state index contributed by atoms with van der Waals surface area (Å²) in [5.74, 6) is 0. The summed E-state index contributed by atoms with van der Waals surface area (Å²) in [6.45, 7) is 2.02. The van der Waals surface area contributed by atoms with Crippen molar-refractivity contribution in [2.45, 2.75) is 6.92 Å². The molecule has 2 aromatic rings. The highest BCUT2D eigenvalue weighted by atomic mass is 15.1. The zero-order valence-corrected chi connectivity index (χ0v) is 5.68. The van der Waals surface area contributed by atoms with E-state index in [1.165, 1.54) is 0 Å². The minimum absolute atomic E-state index is 1.05. The molecule has 49 valence electrons. The Labute approximate surface area is 58.9 Å². The van der Waals surface area contributed by atoms with Crippen LogP contribution in [-0.4, -0.2) is 10.2 Å². The van der Waals surface area contributed by atoms with Crippen molar-refractivity contribution in [3.05, 3.63) is 30.0 Å². The largest absolute Gasteiger partial charge is 0.278 e. The molecule has 2 heteroatoms. The van der Waals surface area contributed by atoms with Crippen molar-refractivity contribution >= 4 is 10.9 Å². The zero-order valence-electron chi connectivity index (χ0n) is 5.68. The van der Waals surface area contributed by atoms with Gasteiger partial charge in [-0.05, 0) is 24.6 Å². The number of fused-ring (bicyclic) bond motifs is 1. The van der Waals surface area contributed by atoms with E-state index in [9.17, 15) is 0 Å². The van der Waals surface area contributed by atoms with Crippen LogP contribution in [0.25, 0.3) is 10.9 Å². The van der Waals surface area contributed by atoms with Gasteiger partial charge >= 0.3 is 0 Å². The zero-order chi connectivity index (χ0) is 6.97. The van der Waals surface area contributed by atoms with Crippen LogP contribution in [0.15, 0.2) is 18.3 Å². The summed E-state index contributed by atoms with van der Waals surface area (Å²) in [5, 5.41) is 7.81. The molecule has 0 aliphatic rings. The lowest BCUT2D eigenvalue weighted by molar-refractivity contribution is 1.12. The van der Waals surface area contributed by atoms with E-state index in [2.05, 4.69) is 16.3 Å². The Morgan fingerprint density at radius 1 is 1.50 bits per heavy atom. The van der Waals surface area contributed by atoms with Crippen LogP contribution >= 0.6 is 0 Å². The molecule has 10 heavy (non-hydrogen) atoms. The lowest BCUT2D eigenvalue weighted by Crippen LogP contribution is -1.71. The number of nitrogens with zero attached hydrogens (tertiary/aromatic N) is 1. The Morgan fingerprint density at radius 3 is 3.30 bits per heavy atom. The van der Waals surface area contributed by atoms with Gasteiger partial charge in [-0.25, -0.2) is 0 Å². The quantitative estimate of drug-likeness (QED) is 0.578. The highest BCUT2D eigenvalue weighted by Gasteiger charge is 1.92. The maximum absolute atomic E-state index is 3.89. The minimum atomic E-state index is 1.05. The van der Waals surface area contributed by atoms with E-state index < -0.39 is 0 Å². The molecule has 0 amide bonds. The van der Waals surface area contributed by atoms with Crippen LogP contribution in [-0.2, 0) is 0 Å². The SMILES string of the molecule is Cc1[c]c2cn[nH]c2cc1. The number of nitrogens with one attached hydrogen (secondary N) is 1. The average Bonchev–Trinajstić information content (AvgIpc) is 2.33. The van der Waals surface area contributed by atoms with E-state index in [0.29, 0.717) is 0 Å². The van der Waals surface area contributed by atoms with Gasteiger partial charge in [-0.2, -0.15) is 5.10 Å². The van der Waals surface area contributed by atoms with Gasteiger partial charge < -0.3 is 0 Å². The Bertz CT molecular complexity index is 349. The summed E-state index contributed by atoms with van der Waals surface area (Å²) in [4.78, 5) is 0. The molecule has 0 aliphatic carbocycles. The number of aromatic nitrogens is 2. The van der Waals surface area contributed by atoms with Gasteiger partial charge in [0.15, 0.2) is 0 Å². The molecule has 0 saturated heterocycles. The van der Waals surface area contributed by atoms with E-state index in [1.54, 1.807) is 6.20 Å². The highest BCUT2D eigenvalue weighted by molar-refractivity contribution is 5.77. The number of hydrogen-bond acceptors (Lipinski definition) is 1. The second-order valence-electron chi connectivity index (χ2n) is 2.34. The van der Waals surface area contributed by atoms with Crippen molar-refractivity contribution < 1.29 is 0 Å².